The Kier molecular flexibility index (Phi) is 4.73. The van der Waals surface area contributed by atoms with Gasteiger partial charge in [-0.1, -0.05) is 42.6 Å². The zero-order valence-electron chi connectivity index (χ0n) is 8.26. The topological polar surface area (TPSA) is 26.0 Å². The Hall–Kier alpha value is -0.240. The van der Waals surface area contributed by atoms with Crippen LogP contribution in [0.25, 0.3) is 0 Å². The Morgan fingerprint density at radius 2 is 2.00 bits per heavy atom. The van der Waals surface area contributed by atoms with Gasteiger partial charge in [-0.2, -0.15) is 0 Å². The first-order valence-corrected chi connectivity index (χ1v) is 5.58. The Morgan fingerprint density at radius 1 is 1.29 bits per heavy atom. The zero-order valence-corrected chi connectivity index (χ0v) is 9.78. The van der Waals surface area contributed by atoms with Gasteiger partial charge in [0.1, 0.15) is 0 Å². The summed E-state index contributed by atoms with van der Waals surface area (Å²) in [4.78, 5) is 0. The van der Waals surface area contributed by atoms with E-state index < -0.39 is 0 Å². The van der Waals surface area contributed by atoms with Crippen molar-refractivity contribution in [1.82, 2.24) is 0 Å². The summed E-state index contributed by atoms with van der Waals surface area (Å²) in [5.41, 5.74) is 7.08. The molecule has 1 aromatic carbocycles. The van der Waals surface area contributed by atoms with Crippen LogP contribution in [0.4, 0.5) is 0 Å². The van der Waals surface area contributed by atoms with Gasteiger partial charge < -0.3 is 5.73 Å². The third-order valence-electron chi connectivity index (χ3n) is 2.14. The average molecular weight is 232 g/mol. The van der Waals surface area contributed by atoms with Crippen LogP contribution in [-0.4, -0.2) is 6.04 Å². The largest absolute Gasteiger partial charge is 0.327 e. The van der Waals surface area contributed by atoms with Crippen molar-refractivity contribution in [2.45, 2.75) is 32.2 Å². The molecule has 0 fully saturated rings. The van der Waals surface area contributed by atoms with Gasteiger partial charge in [-0.05, 0) is 30.5 Å². The van der Waals surface area contributed by atoms with Crippen molar-refractivity contribution >= 4 is 23.2 Å². The molecule has 3 heteroatoms. The van der Waals surface area contributed by atoms with Crippen LogP contribution in [-0.2, 0) is 6.42 Å². The maximum atomic E-state index is 5.93. The maximum Gasteiger partial charge on any atom is 0.0595 e. The van der Waals surface area contributed by atoms with E-state index in [1.54, 1.807) is 0 Å². The molecule has 0 spiro atoms. The molecule has 0 aliphatic carbocycles. The SMILES string of the molecule is CCC[C@@H](N)Cc1ccc(Cl)c(Cl)c1. The molecule has 2 N–H and O–H groups in total. The van der Waals surface area contributed by atoms with E-state index in [0.29, 0.717) is 10.0 Å². The quantitative estimate of drug-likeness (QED) is 0.842. The lowest BCUT2D eigenvalue weighted by molar-refractivity contribution is 0.600. The molecule has 0 aromatic heterocycles. The third kappa shape index (κ3) is 3.49. The summed E-state index contributed by atoms with van der Waals surface area (Å²) in [7, 11) is 0. The van der Waals surface area contributed by atoms with Gasteiger partial charge in [0.15, 0.2) is 0 Å². The number of nitrogens with two attached hydrogens (primary N) is 1. The number of hydrogen-bond donors (Lipinski definition) is 1. The smallest absolute Gasteiger partial charge is 0.0595 e. The summed E-state index contributed by atoms with van der Waals surface area (Å²) >= 11 is 11.7. The average Bonchev–Trinajstić information content (AvgIpc) is 2.12. The highest BCUT2D eigenvalue weighted by Gasteiger charge is 2.04. The molecule has 1 nitrogen and oxygen atoms in total. The predicted molar refractivity (Wildman–Crippen MR) is 63.0 cm³/mol. The standard InChI is InChI=1S/C11H15Cl2N/c1-2-3-9(14)6-8-4-5-10(12)11(13)7-8/h4-5,7,9H,2-3,6,14H2,1H3/t9-/m1/s1. The van der Waals surface area contributed by atoms with Crippen LogP contribution in [0, 0.1) is 0 Å². The molecule has 0 heterocycles. The van der Waals surface area contributed by atoms with Crippen molar-refractivity contribution < 1.29 is 0 Å². The van der Waals surface area contributed by atoms with Crippen molar-refractivity contribution in [3.8, 4) is 0 Å². The second-order valence-corrected chi connectivity index (χ2v) is 4.32. The van der Waals surface area contributed by atoms with Gasteiger partial charge in [0.05, 0.1) is 10.0 Å². The molecular formula is C11H15Cl2N. The Labute approximate surface area is 95.2 Å². The number of halogens is 2. The van der Waals surface area contributed by atoms with E-state index >= 15 is 0 Å². The minimum absolute atomic E-state index is 0.220. The van der Waals surface area contributed by atoms with Crippen molar-refractivity contribution in [2.24, 2.45) is 5.73 Å². The van der Waals surface area contributed by atoms with Gasteiger partial charge in [0.2, 0.25) is 0 Å². The summed E-state index contributed by atoms with van der Waals surface area (Å²) in [6.07, 6.45) is 3.02. The highest BCUT2D eigenvalue weighted by molar-refractivity contribution is 6.42. The zero-order chi connectivity index (χ0) is 10.6. The number of benzene rings is 1. The first kappa shape index (κ1) is 11.8. The van der Waals surface area contributed by atoms with Gasteiger partial charge in [-0.15, -0.1) is 0 Å². The third-order valence-corrected chi connectivity index (χ3v) is 2.88. The molecule has 0 unspecified atom stereocenters. The lowest BCUT2D eigenvalue weighted by atomic mass is 10.0. The highest BCUT2D eigenvalue weighted by Crippen LogP contribution is 2.23. The summed E-state index contributed by atoms with van der Waals surface area (Å²) in [5, 5.41) is 1.20. The Balaban J connectivity index is 2.63. The van der Waals surface area contributed by atoms with Crippen molar-refractivity contribution in [3.63, 3.8) is 0 Å². The lowest BCUT2D eigenvalue weighted by Crippen LogP contribution is -2.22. The molecule has 0 saturated carbocycles. The molecule has 1 atom stereocenters. The first-order chi connectivity index (χ1) is 6.63. The van der Waals surface area contributed by atoms with Gasteiger partial charge in [0.25, 0.3) is 0 Å². The summed E-state index contributed by atoms with van der Waals surface area (Å²) in [5.74, 6) is 0. The van der Waals surface area contributed by atoms with Crippen molar-refractivity contribution in [3.05, 3.63) is 33.8 Å². The minimum Gasteiger partial charge on any atom is -0.327 e. The fraction of sp³-hybridized carbons (Fsp3) is 0.455. The monoisotopic (exact) mass is 231 g/mol. The van der Waals surface area contributed by atoms with Crippen LogP contribution in [0.3, 0.4) is 0 Å². The molecule has 14 heavy (non-hydrogen) atoms. The molecule has 1 rings (SSSR count). The fourth-order valence-electron chi connectivity index (χ4n) is 1.44. The predicted octanol–water partition coefficient (Wildman–Crippen LogP) is 3.66. The highest BCUT2D eigenvalue weighted by atomic mass is 35.5. The molecule has 78 valence electrons. The van der Waals surface area contributed by atoms with E-state index in [-0.39, 0.29) is 6.04 Å². The normalized spacial score (nSPS) is 12.9. The van der Waals surface area contributed by atoms with Crippen molar-refractivity contribution in [1.29, 1.82) is 0 Å². The summed E-state index contributed by atoms with van der Waals surface area (Å²) < 4.78 is 0. The van der Waals surface area contributed by atoms with Crippen LogP contribution < -0.4 is 5.73 Å². The van der Waals surface area contributed by atoms with Gasteiger partial charge in [-0.25, -0.2) is 0 Å². The molecule has 0 aliphatic heterocycles. The minimum atomic E-state index is 0.220. The van der Waals surface area contributed by atoms with Crippen LogP contribution in [0.1, 0.15) is 25.3 Å². The Bertz CT molecular complexity index is 299. The summed E-state index contributed by atoms with van der Waals surface area (Å²) in [6.45, 7) is 2.13. The molecule has 0 amide bonds. The maximum absolute atomic E-state index is 5.93. The fourth-order valence-corrected chi connectivity index (χ4v) is 1.76. The van der Waals surface area contributed by atoms with E-state index in [4.69, 9.17) is 28.9 Å². The van der Waals surface area contributed by atoms with Gasteiger partial charge >= 0.3 is 0 Å². The second-order valence-electron chi connectivity index (χ2n) is 3.50. The van der Waals surface area contributed by atoms with Crippen LogP contribution in [0.2, 0.25) is 10.0 Å². The molecule has 0 bridgehead atoms. The van der Waals surface area contributed by atoms with Crippen LogP contribution >= 0.6 is 23.2 Å². The van der Waals surface area contributed by atoms with Crippen molar-refractivity contribution in [2.75, 3.05) is 0 Å². The van der Waals surface area contributed by atoms with Crippen LogP contribution in [0.15, 0.2) is 18.2 Å². The van der Waals surface area contributed by atoms with E-state index in [0.717, 1.165) is 24.8 Å². The van der Waals surface area contributed by atoms with E-state index in [2.05, 4.69) is 6.92 Å². The van der Waals surface area contributed by atoms with E-state index in [9.17, 15) is 0 Å². The van der Waals surface area contributed by atoms with E-state index in [1.165, 1.54) is 0 Å². The second kappa shape index (κ2) is 5.59. The first-order valence-electron chi connectivity index (χ1n) is 4.83. The molecule has 0 aliphatic rings. The number of hydrogen-bond acceptors (Lipinski definition) is 1. The molecule has 0 radical (unpaired) electrons. The lowest BCUT2D eigenvalue weighted by Gasteiger charge is -2.10. The Morgan fingerprint density at radius 3 is 2.57 bits per heavy atom. The van der Waals surface area contributed by atoms with Gasteiger partial charge in [0, 0.05) is 6.04 Å². The summed E-state index contributed by atoms with van der Waals surface area (Å²) in [6, 6.07) is 5.90. The van der Waals surface area contributed by atoms with Crippen LogP contribution in [0.5, 0.6) is 0 Å². The molecule has 1 aromatic rings. The molecule has 0 saturated heterocycles. The number of rotatable bonds is 4. The molecular weight excluding hydrogens is 217 g/mol. The van der Waals surface area contributed by atoms with Gasteiger partial charge in [-0.3, -0.25) is 0 Å². The van der Waals surface area contributed by atoms with E-state index in [1.807, 2.05) is 18.2 Å².